The minimum absolute atomic E-state index is 0.0250. The lowest BCUT2D eigenvalue weighted by Gasteiger charge is -2.36. The fourth-order valence-electron chi connectivity index (χ4n) is 3.51. The average Bonchev–Trinajstić information content (AvgIpc) is 3.29. The summed E-state index contributed by atoms with van der Waals surface area (Å²) >= 11 is 0. The van der Waals surface area contributed by atoms with Crippen LogP contribution in [0.2, 0.25) is 0 Å². The van der Waals surface area contributed by atoms with Crippen molar-refractivity contribution in [2.45, 2.75) is 6.92 Å². The van der Waals surface area contributed by atoms with Crippen LogP contribution >= 0.6 is 0 Å². The van der Waals surface area contributed by atoms with E-state index in [1.807, 2.05) is 4.90 Å². The number of nitrogens with one attached hydrogen (secondary N) is 1. The predicted octanol–water partition coefficient (Wildman–Crippen LogP) is 3.80. The highest BCUT2D eigenvalue weighted by molar-refractivity contribution is 6.03. The number of piperazine rings is 1. The number of carbonyl (C=O) groups excluding carboxylic acids is 2. The van der Waals surface area contributed by atoms with Crippen molar-refractivity contribution in [2.75, 3.05) is 36.4 Å². The van der Waals surface area contributed by atoms with Gasteiger partial charge in [-0.15, -0.1) is 0 Å². The first-order valence-electron chi connectivity index (χ1n) is 9.66. The van der Waals surface area contributed by atoms with Crippen LogP contribution in [0.3, 0.4) is 0 Å². The average molecular weight is 389 g/mol. The van der Waals surface area contributed by atoms with Gasteiger partial charge in [-0.25, -0.2) is 0 Å². The number of furan rings is 1. The highest BCUT2D eigenvalue weighted by Crippen LogP contribution is 2.20. The number of amides is 2. The molecule has 0 atom stereocenters. The maximum atomic E-state index is 12.9. The Morgan fingerprint density at radius 2 is 1.72 bits per heavy atom. The molecule has 2 heterocycles. The van der Waals surface area contributed by atoms with Gasteiger partial charge in [0.05, 0.1) is 6.26 Å². The number of hydrogen-bond donors (Lipinski definition) is 1. The minimum atomic E-state index is -0.341. The number of anilines is 2. The lowest BCUT2D eigenvalue weighted by Crippen LogP contribution is -2.48. The number of aryl methyl sites for hydroxylation is 1. The maximum Gasteiger partial charge on any atom is 0.291 e. The van der Waals surface area contributed by atoms with Crippen LogP contribution in [0.15, 0.2) is 71.3 Å². The summed E-state index contributed by atoms with van der Waals surface area (Å²) < 4.78 is 5.10. The van der Waals surface area contributed by atoms with Gasteiger partial charge in [0.15, 0.2) is 5.76 Å². The van der Waals surface area contributed by atoms with E-state index >= 15 is 0 Å². The molecule has 1 aromatic heterocycles. The van der Waals surface area contributed by atoms with Gasteiger partial charge in [0.1, 0.15) is 0 Å². The van der Waals surface area contributed by atoms with Crippen LogP contribution in [0, 0.1) is 6.92 Å². The third kappa shape index (κ3) is 4.32. The molecule has 1 aliphatic rings. The third-order valence-electron chi connectivity index (χ3n) is 5.05. The SMILES string of the molecule is Cc1cccc(N2CCN(C(=O)c3cccc(NC(=O)c4ccco4)c3)CC2)c1. The lowest BCUT2D eigenvalue weighted by molar-refractivity contribution is 0.0746. The van der Waals surface area contributed by atoms with Gasteiger partial charge in [0.25, 0.3) is 11.8 Å². The Kier molecular flexibility index (Phi) is 5.33. The molecule has 1 N–H and O–H groups in total. The van der Waals surface area contributed by atoms with Crippen molar-refractivity contribution in [3.63, 3.8) is 0 Å². The Balaban J connectivity index is 1.39. The zero-order valence-electron chi connectivity index (χ0n) is 16.3. The number of nitrogens with zero attached hydrogens (tertiary/aromatic N) is 2. The van der Waals surface area contributed by atoms with Crippen molar-refractivity contribution in [2.24, 2.45) is 0 Å². The highest BCUT2D eigenvalue weighted by atomic mass is 16.3. The van der Waals surface area contributed by atoms with Crippen molar-refractivity contribution in [3.8, 4) is 0 Å². The molecule has 6 nitrogen and oxygen atoms in total. The Morgan fingerprint density at radius 1 is 0.931 bits per heavy atom. The molecule has 2 amide bonds. The molecule has 3 aromatic rings. The second-order valence-electron chi connectivity index (χ2n) is 7.13. The van der Waals surface area contributed by atoms with E-state index in [-0.39, 0.29) is 17.6 Å². The third-order valence-corrected chi connectivity index (χ3v) is 5.05. The molecule has 0 saturated carbocycles. The van der Waals surface area contributed by atoms with Gasteiger partial charge in [0.2, 0.25) is 0 Å². The number of benzene rings is 2. The van der Waals surface area contributed by atoms with Gasteiger partial charge in [0, 0.05) is 43.1 Å². The second kappa shape index (κ2) is 8.22. The predicted molar refractivity (Wildman–Crippen MR) is 112 cm³/mol. The topological polar surface area (TPSA) is 65.8 Å². The quantitative estimate of drug-likeness (QED) is 0.737. The van der Waals surface area contributed by atoms with Gasteiger partial charge < -0.3 is 19.5 Å². The van der Waals surface area contributed by atoms with Gasteiger partial charge in [-0.1, -0.05) is 18.2 Å². The van der Waals surface area contributed by atoms with E-state index in [0.717, 1.165) is 13.1 Å². The van der Waals surface area contributed by atoms with Crippen molar-refractivity contribution in [1.29, 1.82) is 0 Å². The first-order valence-corrected chi connectivity index (χ1v) is 9.66. The summed E-state index contributed by atoms with van der Waals surface area (Å²) in [7, 11) is 0. The number of rotatable bonds is 4. The second-order valence-corrected chi connectivity index (χ2v) is 7.13. The van der Waals surface area contributed by atoms with Crippen LogP contribution < -0.4 is 10.2 Å². The van der Waals surface area contributed by atoms with Crippen LogP contribution in [0.4, 0.5) is 11.4 Å². The number of hydrogen-bond acceptors (Lipinski definition) is 4. The molecule has 0 spiro atoms. The first-order chi connectivity index (χ1) is 14.1. The molecular weight excluding hydrogens is 366 g/mol. The normalized spacial score (nSPS) is 14.0. The molecule has 4 rings (SSSR count). The summed E-state index contributed by atoms with van der Waals surface area (Å²) in [5, 5.41) is 2.76. The molecule has 148 valence electrons. The van der Waals surface area contributed by atoms with Gasteiger partial charge in [-0.05, 0) is 55.0 Å². The summed E-state index contributed by atoms with van der Waals surface area (Å²) in [5.41, 5.74) is 3.55. The van der Waals surface area contributed by atoms with E-state index in [1.165, 1.54) is 17.5 Å². The van der Waals surface area contributed by atoms with E-state index in [0.29, 0.717) is 24.3 Å². The van der Waals surface area contributed by atoms with E-state index < -0.39 is 0 Å². The van der Waals surface area contributed by atoms with E-state index in [2.05, 4.69) is 41.4 Å². The van der Waals surface area contributed by atoms with Crippen molar-refractivity contribution < 1.29 is 14.0 Å². The molecule has 1 fully saturated rings. The fraction of sp³-hybridized carbons (Fsp3) is 0.217. The van der Waals surface area contributed by atoms with Gasteiger partial charge in [-0.3, -0.25) is 9.59 Å². The van der Waals surface area contributed by atoms with Crippen LogP contribution in [-0.4, -0.2) is 42.9 Å². The minimum Gasteiger partial charge on any atom is -0.459 e. The standard InChI is InChI=1S/C23H23N3O3/c1-17-5-2-8-20(15-17)25-10-12-26(13-11-25)23(28)18-6-3-7-19(16-18)24-22(27)21-9-4-14-29-21/h2-9,14-16H,10-13H2,1H3,(H,24,27). The van der Waals surface area contributed by atoms with Crippen molar-refractivity contribution >= 4 is 23.2 Å². The monoisotopic (exact) mass is 389 g/mol. The zero-order chi connectivity index (χ0) is 20.2. The molecule has 0 unspecified atom stereocenters. The maximum absolute atomic E-state index is 12.9. The zero-order valence-corrected chi connectivity index (χ0v) is 16.3. The first kappa shape index (κ1) is 18.8. The Morgan fingerprint density at radius 3 is 2.45 bits per heavy atom. The van der Waals surface area contributed by atoms with Crippen LogP contribution in [0.25, 0.3) is 0 Å². The summed E-state index contributed by atoms with van der Waals surface area (Å²) in [6, 6.07) is 18.7. The smallest absolute Gasteiger partial charge is 0.291 e. The molecule has 0 radical (unpaired) electrons. The molecule has 1 saturated heterocycles. The van der Waals surface area contributed by atoms with Crippen molar-refractivity contribution in [1.82, 2.24) is 4.90 Å². The number of carbonyl (C=O) groups is 2. The molecule has 2 aromatic carbocycles. The summed E-state index contributed by atoms with van der Waals surface area (Å²) in [6.45, 7) is 5.00. The van der Waals surface area contributed by atoms with Crippen molar-refractivity contribution in [3.05, 3.63) is 83.8 Å². The molecular formula is C23H23N3O3. The summed E-state index contributed by atoms with van der Waals surface area (Å²) in [4.78, 5) is 29.3. The molecule has 0 bridgehead atoms. The molecule has 29 heavy (non-hydrogen) atoms. The highest BCUT2D eigenvalue weighted by Gasteiger charge is 2.22. The Labute approximate surface area is 169 Å². The van der Waals surface area contributed by atoms with Gasteiger partial charge >= 0.3 is 0 Å². The lowest BCUT2D eigenvalue weighted by atomic mass is 10.1. The fourth-order valence-corrected chi connectivity index (χ4v) is 3.51. The van der Waals surface area contributed by atoms with E-state index in [9.17, 15) is 9.59 Å². The van der Waals surface area contributed by atoms with Gasteiger partial charge in [-0.2, -0.15) is 0 Å². The molecule has 0 aliphatic carbocycles. The Hall–Kier alpha value is -3.54. The summed E-state index contributed by atoms with van der Waals surface area (Å²) in [6.07, 6.45) is 1.45. The van der Waals surface area contributed by atoms with Crippen LogP contribution in [-0.2, 0) is 0 Å². The van der Waals surface area contributed by atoms with E-state index in [1.54, 1.807) is 36.4 Å². The van der Waals surface area contributed by atoms with Crippen LogP contribution in [0.5, 0.6) is 0 Å². The van der Waals surface area contributed by atoms with E-state index in [4.69, 9.17) is 4.42 Å². The van der Waals surface area contributed by atoms with Crippen LogP contribution in [0.1, 0.15) is 26.5 Å². The summed E-state index contributed by atoms with van der Waals surface area (Å²) in [5.74, 6) is -0.136. The largest absolute Gasteiger partial charge is 0.459 e. The molecule has 1 aliphatic heterocycles. The molecule has 6 heteroatoms. The Bertz CT molecular complexity index is 1010.